The number of nitrogens with zero attached hydrogens (tertiary/aromatic N) is 4. The largest absolute Gasteiger partial charge is 0.492 e. The number of hydrogen-bond acceptors (Lipinski definition) is 4. The van der Waals surface area contributed by atoms with E-state index in [4.69, 9.17) is 0 Å². The molecule has 2 N–H and O–H groups in total. The van der Waals surface area contributed by atoms with Gasteiger partial charge < -0.3 is 5.11 Å². The van der Waals surface area contributed by atoms with Crippen LogP contribution in [0, 0.1) is 0 Å². The van der Waals surface area contributed by atoms with Gasteiger partial charge in [-0.3, -0.25) is 14.6 Å². The van der Waals surface area contributed by atoms with Crippen molar-refractivity contribution in [3.8, 4) is 5.88 Å². The molecule has 2 heterocycles. The molecule has 0 amide bonds. The Balaban J connectivity index is 2.35. The van der Waals surface area contributed by atoms with Gasteiger partial charge in [-0.2, -0.15) is 0 Å². The first-order valence-electron chi connectivity index (χ1n) is 5.50. The Hall–Kier alpha value is -2.44. The number of nitrogens with one attached hydrogen (secondary N) is 1. The van der Waals surface area contributed by atoms with Gasteiger partial charge in [0.1, 0.15) is 12.7 Å². The van der Waals surface area contributed by atoms with E-state index in [2.05, 4.69) is 15.3 Å². The summed E-state index contributed by atoms with van der Waals surface area (Å²) in [5.74, 6) is -0.202. The zero-order chi connectivity index (χ0) is 13.1. The Kier molecular flexibility index (Phi) is 3.22. The molecule has 0 bridgehead atoms. The Bertz CT molecular complexity index is 641. The summed E-state index contributed by atoms with van der Waals surface area (Å²) < 4.78 is 3.12. The monoisotopic (exact) mass is 248 g/mol. The maximum absolute atomic E-state index is 11.5. The molecule has 0 radical (unpaired) electrons. The number of H-pyrrole nitrogens is 1. The van der Waals surface area contributed by atoms with Crippen molar-refractivity contribution in [2.75, 3.05) is 0 Å². The molecule has 0 aliphatic carbocycles. The molecule has 0 aromatic carbocycles. The lowest BCUT2D eigenvalue weighted by Gasteiger charge is -1.96. The Morgan fingerprint density at radius 3 is 2.89 bits per heavy atom. The Morgan fingerprint density at radius 1 is 1.50 bits per heavy atom. The van der Waals surface area contributed by atoms with Crippen LogP contribution in [0.5, 0.6) is 5.88 Å². The molecule has 0 saturated heterocycles. The number of aromatic hydroxyl groups is 1. The van der Waals surface area contributed by atoms with Crippen LogP contribution >= 0.6 is 0 Å². The molecule has 7 heteroatoms. The van der Waals surface area contributed by atoms with Crippen LogP contribution in [0.3, 0.4) is 0 Å². The van der Waals surface area contributed by atoms with Crippen LogP contribution in [0.25, 0.3) is 0 Å². The molecule has 0 fully saturated rings. The number of aromatic nitrogens is 3. The molecule has 0 atom stereocenters. The molecule has 18 heavy (non-hydrogen) atoms. The SMILES string of the molecule is CCn1[nH]c(=O)c(/N=N/c2ccc[n+](C)c2)c1O. The molecule has 0 aliphatic heterocycles. The van der Waals surface area contributed by atoms with Crippen molar-refractivity contribution in [2.45, 2.75) is 13.5 Å². The molecule has 7 nitrogen and oxygen atoms in total. The molecule has 2 aromatic rings. The minimum Gasteiger partial charge on any atom is -0.492 e. The second-order valence-electron chi connectivity index (χ2n) is 3.79. The van der Waals surface area contributed by atoms with Crippen molar-refractivity contribution in [3.63, 3.8) is 0 Å². The molecule has 0 spiro atoms. The summed E-state index contributed by atoms with van der Waals surface area (Å²) in [6.45, 7) is 2.25. The number of rotatable bonds is 3. The number of azo groups is 1. The lowest BCUT2D eigenvalue weighted by atomic mass is 10.4. The second kappa shape index (κ2) is 4.82. The quantitative estimate of drug-likeness (QED) is 0.630. The fourth-order valence-corrected chi connectivity index (χ4v) is 1.52. The fraction of sp³-hybridized carbons (Fsp3) is 0.273. The average molecular weight is 248 g/mol. The predicted molar refractivity (Wildman–Crippen MR) is 64.2 cm³/mol. The van der Waals surface area contributed by atoms with Crippen LogP contribution in [0.2, 0.25) is 0 Å². The maximum Gasteiger partial charge on any atom is 0.296 e. The summed E-state index contributed by atoms with van der Waals surface area (Å²) in [7, 11) is 1.86. The highest BCUT2D eigenvalue weighted by atomic mass is 16.3. The molecule has 0 aliphatic rings. The van der Waals surface area contributed by atoms with Gasteiger partial charge in [-0.15, -0.1) is 10.2 Å². The van der Waals surface area contributed by atoms with E-state index in [-0.39, 0.29) is 11.6 Å². The minimum absolute atomic E-state index is 0.0802. The van der Waals surface area contributed by atoms with Gasteiger partial charge in [0.25, 0.3) is 5.56 Å². The normalized spacial score (nSPS) is 11.2. The first kappa shape index (κ1) is 12.0. The molecule has 2 rings (SSSR count). The van der Waals surface area contributed by atoms with Crippen molar-refractivity contribution in [2.24, 2.45) is 17.3 Å². The first-order chi connectivity index (χ1) is 8.61. The lowest BCUT2D eigenvalue weighted by molar-refractivity contribution is -0.670. The Labute approximate surface area is 103 Å². The van der Waals surface area contributed by atoms with Crippen molar-refractivity contribution < 1.29 is 9.67 Å². The van der Waals surface area contributed by atoms with Crippen LogP contribution in [0.1, 0.15) is 6.92 Å². The van der Waals surface area contributed by atoms with E-state index in [0.29, 0.717) is 12.2 Å². The van der Waals surface area contributed by atoms with E-state index in [0.717, 1.165) is 0 Å². The zero-order valence-corrected chi connectivity index (χ0v) is 10.2. The lowest BCUT2D eigenvalue weighted by Crippen LogP contribution is -2.25. The third-order valence-corrected chi connectivity index (χ3v) is 2.42. The number of hydrogen-bond donors (Lipinski definition) is 2. The predicted octanol–water partition coefficient (Wildman–Crippen LogP) is 1.14. The summed E-state index contributed by atoms with van der Waals surface area (Å²) in [6, 6.07) is 3.57. The van der Waals surface area contributed by atoms with E-state index in [9.17, 15) is 9.90 Å². The van der Waals surface area contributed by atoms with Crippen LogP contribution in [-0.2, 0) is 13.6 Å². The third-order valence-electron chi connectivity index (χ3n) is 2.42. The highest BCUT2D eigenvalue weighted by Gasteiger charge is 2.12. The van der Waals surface area contributed by atoms with Gasteiger partial charge in [0.05, 0.1) is 0 Å². The Morgan fingerprint density at radius 2 is 2.28 bits per heavy atom. The van der Waals surface area contributed by atoms with E-state index in [1.807, 2.05) is 23.9 Å². The van der Waals surface area contributed by atoms with Gasteiger partial charge in [0, 0.05) is 12.6 Å². The molecular weight excluding hydrogens is 234 g/mol. The summed E-state index contributed by atoms with van der Waals surface area (Å²) in [5, 5.41) is 19.9. The highest BCUT2D eigenvalue weighted by molar-refractivity contribution is 5.44. The van der Waals surface area contributed by atoms with E-state index in [1.165, 1.54) is 4.68 Å². The van der Waals surface area contributed by atoms with Crippen LogP contribution in [0.4, 0.5) is 11.4 Å². The summed E-state index contributed by atoms with van der Waals surface area (Å²) in [5.41, 5.74) is 0.0600. The number of pyridine rings is 1. The summed E-state index contributed by atoms with van der Waals surface area (Å²) in [6.07, 6.45) is 3.61. The van der Waals surface area contributed by atoms with E-state index < -0.39 is 5.56 Å². The van der Waals surface area contributed by atoms with E-state index in [1.54, 1.807) is 19.2 Å². The van der Waals surface area contributed by atoms with Crippen LogP contribution in [0.15, 0.2) is 39.5 Å². The van der Waals surface area contributed by atoms with Gasteiger partial charge in [-0.25, -0.2) is 4.57 Å². The van der Waals surface area contributed by atoms with Crippen LogP contribution in [-0.4, -0.2) is 14.9 Å². The van der Waals surface area contributed by atoms with E-state index >= 15 is 0 Å². The summed E-state index contributed by atoms with van der Waals surface area (Å²) in [4.78, 5) is 11.5. The van der Waals surface area contributed by atoms with Crippen molar-refractivity contribution in [1.29, 1.82) is 0 Å². The number of aromatic amines is 1. The van der Waals surface area contributed by atoms with Gasteiger partial charge in [-0.05, 0) is 13.0 Å². The zero-order valence-electron chi connectivity index (χ0n) is 10.2. The summed E-state index contributed by atoms with van der Waals surface area (Å²) >= 11 is 0. The smallest absolute Gasteiger partial charge is 0.296 e. The molecule has 0 saturated carbocycles. The standard InChI is InChI=1S/C11H13N5O2/c1-3-16-11(18)9(10(17)14-16)13-12-8-5-4-6-15(2)7-8/h4-7H,3H2,1-2H3,(H-,12,14,17,18)/p+1. The van der Waals surface area contributed by atoms with Crippen LogP contribution < -0.4 is 10.1 Å². The highest BCUT2D eigenvalue weighted by Crippen LogP contribution is 2.23. The van der Waals surface area contributed by atoms with Gasteiger partial charge in [0.15, 0.2) is 12.4 Å². The fourth-order valence-electron chi connectivity index (χ4n) is 1.52. The average Bonchev–Trinajstić information content (AvgIpc) is 2.62. The van der Waals surface area contributed by atoms with Crippen molar-refractivity contribution >= 4 is 11.4 Å². The van der Waals surface area contributed by atoms with Gasteiger partial charge in [-0.1, -0.05) is 0 Å². The van der Waals surface area contributed by atoms with Crippen molar-refractivity contribution in [3.05, 3.63) is 34.9 Å². The topological polar surface area (TPSA) is 86.6 Å². The molecule has 0 unspecified atom stereocenters. The maximum atomic E-state index is 11.5. The molecule has 2 aromatic heterocycles. The molecule has 94 valence electrons. The number of aryl methyl sites for hydroxylation is 2. The van der Waals surface area contributed by atoms with Gasteiger partial charge in [0.2, 0.25) is 11.6 Å². The van der Waals surface area contributed by atoms with Gasteiger partial charge >= 0.3 is 0 Å². The minimum atomic E-state index is -0.460. The second-order valence-corrected chi connectivity index (χ2v) is 3.79. The first-order valence-corrected chi connectivity index (χ1v) is 5.50. The molecular formula is C11H14N5O2+. The van der Waals surface area contributed by atoms with Crippen molar-refractivity contribution in [1.82, 2.24) is 9.78 Å². The third kappa shape index (κ3) is 2.29.